The molecule has 2 aromatic rings. The van der Waals surface area contributed by atoms with Gasteiger partial charge in [0.15, 0.2) is 0 Å². The van der Waals surface area contributed by atoms with Gasteiger partial charge >= 0.3 is 0 Å². The molecule has 0 aliphatic carbocycles. The van der Waals surface area contributed by atoms with Crippen LogP contribution < -0.4 is 5.32 Å². The normalized spacial score (nSPS) is 17.1. The molecule has 1 unspecified atom stereocenters. The molecular formula is C21H30ClN3O. The summed E-state index contributed by atoms with van der Waals surface area (Å²) in [6.45, 7) is 8.93. The lowest BCUT2D eigenvalue weighted by molar-refractivity contribution is 0.0673. The smallest absolute Gasteiger partial charge is 0.255 e. The lowest BCUT2D eigenvalue weighted by Crippen LogP contribution is -2.42. The number of likely N-dealkylation sites (tertiary alicyclic amines) is 1. The van der Waals surface area contributed by atoms with E-state index < -0.39 is 0 Å². The summed E-state index contributed by atoms with van der Waals surface area (Å²) in [5.41, 5.74) is 5.33. The summed E-state index contributed by atoms with van der Waals surface area (Å²) < 4.78 is 2.19. The van der Waals surface area contributed by atoms with Crippen LogP contribution in [-0.4, -0.2) is 42.1 Å². The van der Waals surface area contributed by atoms with E-state index >= 15 is 0 Å². The number of carbonyl (C=O) groups excluding carboxylic acids is 1. The first-order valence-corrected chi connectivity index (χ1v) is 9.21. The molecule has 1 N–H and O–H groups in total. The van der Waals surface area contributed by atoms with Gasteiger partial charge in [-0.1, -0.05) is 12.1 Å². The van der Waals surface area contributed by atoms with Crippen molar-refractivity contribution in [3.63, 3.8) is 0 Å². The third-order valence-corrected chi connectivity index (χ3v) is 5.22. The SMILES string of the molecule is CNCC1CCCN(C(=O)c2cc(C)n(-c3cccc(C)c3)c2C)C1.Cl. The standard InChI is InChI=1S/C21H29N3O.ClH/c1-15-7-5-9-19(11-15)24-16(2)12-20(17(24)3)21(25)23-10-6-8-18(14-23)13-22-4;/h5,7,9,11-12,18,22H,6,8,10,13-14H2,1-4H3;1H. The van der Waals surface area contributed by atoms with Gasteiger partial charge in [-0.05, 0) is 76.9 Å². The number of nitrogens with zero attached hydrogens (tertiary/aromatic N) is 2. The number of carbonyl (C=O) groups is 1. The van der Waals surface area contributed by atoms with E-state index in [9.17, 15) is 4.79 Å². The van der Waals surface area contributed by atoms with Gasteiger partial charge < -0.3 is 14.8 Å². The molecule has 1 aromatic carbocycles. The maximum Gasteiger partial charge on any atom is 0.255 e. The minimum atomic E-state index is 0. The Labute approximate surface area is 163 Å². The number of benzene rings is 1. The van der Waals surface area contributed by atoms with Gasteiger partial charge in [-0.25, -0.2) is 0 Å². The number of halogens is 1. The molecule has 0 radical (unpaired) electrons. The number of amides is 1. The van der Waals surface area contributed by atoms with Gasteiger partial charge in [0.2, 0.25) is 0 Å². The van der Waals surface area contributed by atoms with E-state index in [0.717, 1.165) is 48.7 Å². The molecule has 26 heavy (non-hydrogen) atoms. The van der Waals surface area contributed by atoms with Crippen LogP contribution in [0, 0.1) is 26.7 Å². The fourth-order valence-corrected chi connectivity index (χ4v) is 4.02. The predicted octanol–water partition coefficient (Wildman–Crippen LogP) is 3.90. The molecule has 2 heterocycles. The zero-order chi connectivity index (χ0) is 18.0. The highest BCUT2D eigenvalue weighted by Crippen LogP contribution is 2.25. The summed E-state index contributed by atoms with van der Waals surface area (Å²) in [7, 11) is 1.98. The lowest BCUT2D eigenvalue weighted by atomic mass is 9.97. The first-order chi connectivity index (χ1) is 12.0. The highest BCUT2D eigenvalue weighted by Gasteiger charge is 2.26. The average Bonchev–Trinajstić information content (AvgIpc) is 2.89. The van der Waals surface area contributed by atoms with Crippen LogP contribution in [0.25, 0.3) is 5.69 Å². The second-order valence-electron chi connectivity index (χ2n) is 7.28. The summed E-state index contributed by atoms with van der Waals surface area (Å²) in [5, 5.41) is 3.25. The number of piperidine rings is 1. The monoisotopic (exact) mass is 375 g/mol. The summed E-state index contributed by atoms with van der Waals surface area (Å²) in [5.74, 6) is 0.732. The number of hydrogen-bond donors (Lipinski definition) is 1. The maximum absolute atomic E-state index is 13.1. The molecule has 0 bridgehead atoms. The van der Waals surface area contributed by atoms with Gasteiger partial charge in [0.1, 0.15) is 0 Å². The Morgan fingerprint density at radius 3 is 2.69 bits per heavy atom. The van der Waals surface area contributed by atoms with Crippen LogP contribution in [0.3, 0.4) is 0 Å². The Kier molecular flexibility index (Phi) is 6.90. The second-order valence-corrected chi connectivity index (χ2v) is 7.28. The van der Waals surface area contributed by atoms with Crippen LogP contribution in [-0.2, 0) is 0 Å². The minimum absolute atomic E-state index is 0. The number of hydrogen-bond acceptors (Lipinski definition) is 2. The minimum Gasteiger partial charge on any atom is -0.338 e. The Morgan fingerprint density at radius 1 is 1.23 bits per heavy atom. The lowest BCUT2D eigenvalue weighted by Gasteiger charge is -2.32. The molecule has 5 heteroatoms. The molecule has 0 spiro atoms. The molecule has 1 fully saturated rings. The Bertz CT molecular complexity index is 767. The van der Waals surface area contributed by atoms with Crippen LogP contribution in [0.5, 0.6) is 0 Å². The van der Waals surface area contributed by atoms with E-state index in [0.29, 0.717) is 5.92 Å². The fourth-order valence-electron chi connectivity index (χ4n) is 4.02. The summed E-state index contributed by atoms with van der Waals surface area (Å²) >= 11 is 0. The first-order valence-electron chi connectivity index (χ1n) is 9.21. The molecule has 1 aliphatic heterocycles. The van der Waals surface area contributed by atoms with E-state index in [1.54, 1.807) is 0 Å². The van der Waals surface area contributed by atoms with Crippen molar-refractivity contribution in [1.82, 2.24) is 14.8 Å². The molecule has 1 aromatic heterocycles. The number of aryl methyl sites for hydroxylation is 2. The highest BCUT2D eigenvalue weighted by atomic mass is 35.5. The number of aromatic nitrogens is 1. The molecular weight excluding hydrogens is 346 g/mol. The molecule has 0 saturated carbocycles. The van der Waals surface area contributed by atoms with Crippen molar-refractivity contribution < 1.29 is 4.79 Å². The molecule has 142 valence electrons. The van der Waals surface area contributed by atoms with Crippen molar-refractivity contribution in [2.24, 2.45) is 5.92 Å². The van der Waals surface area contributed by atoms with E-state index in [-0.39, 0.29) is 18.3 Å². The molecule has 4 nitrogen and oxygen atoms in total. The van der Waals surface area contributed by atoms with Crippen LogP contribution in [0.1, 0.15) is 40.2 Å². The van der Waals surface area contributed by atoms with Crippen molar-refractivity contribution in [1.29, 1.82) is 0 Å². The average molecular weight is 376 g/mol. The van der Waals surface area contributed by atoms with Crippen molar-refractivity contribution in [3.8, 4) is 5.69 Å². The molecule has 1 atom stereocenters. The zero-order valence-electron chi connectivity index (χ0n) is 16.2. The summed E-state index contributed by atoms with van der Waals surface area (Å²) in [6.07, 6.45) is 2.29. The molecule has 1 amide bonds. The molecule has 1 saturated heterocycles. The molecule has 3 rings (SSSR count). The van der Waals surface area contributed by atoms with Crippen LogP contribution in [0.4, 0.5) is 0 Å². The largest absolute Gasteiger partial charge is 0.338 e. The first kappa shape index (κ1) is 20.5. The maximum atomic E-state index is 13.1. The van der Waals surface area contributed by atoms with Gasteiger partial charge in [-0.15, -0.1) is 12.4 Å². The van der Waals surface area contributed by atoms with Crippen LogP contribution in [0.15, 0.2) is 30.3 Å². The van der Waals surface area contributed by atoms with Crippen molar-refractivity contribution in [2.45, 2.75) is 33.6 Å². The van der Waals surface area contributed by atoms with E-state index in [2.05, 4.69) is 54.9 Å². The van der Waals surface area contributed by atoms with E-state index in [4.69, 9.17) is 0 Å². The van der Waals surface area contributed by atoms with Crippen LogP contribution >= 0.6 is 12.4 Å². The zero-order valence-corrected chi connectivity index (χ0v) is 17.0. The highest BCUT2D eigenvalue weighted by molar-refractivity contribution is 5.96. The van der Waals surface area contributed by atoms with Gasteiger partial charge in [0, 0.05) is 30.2 Å². The fraction of sp³-hybridized carbons (Fsp3) is 0.476. The summed E-state index contributed by atoms with van der Waals surface area (Å²) in [6, 6.07) is 10.5. The van der Waals surface area contributed by atoms with Gasteiger partial charge in [0.05, 0.1) is 5.56 Å². The van der Waals surface area contributed by atoms with Gasteiger partial charge in [-0.2, -0.15) is 0 Å². The van der Waals surface area contributed by atoms with Crippen molar-refractivity contribution >= 4 is 18.3 Å². The quantitative estimate of drug-likeness (QED) is 0.880. The third kappa shape index (κ3) is 4.13. The number of rotatable bonds is 4. The van der Waals surface area contributed by atoms with Crippen molar-refractivity contribution in [2.75, 3.05) is 26.7 Å². The van der Waals surface area contributed by atoms with E-state index in [1.165, 1.54) is 12.0 Å². The predicted molar refractivity (Wildman–Crippen MR) is 110 cm³/mol. The Hall–Kier alpha value is -1.78. The van der Waals surface area contributed by atoms with Gasteiger partial charge in [0.25, 0.3) is 5.91 Å². The second kappa shape index (κ2) is 8.74. The topological polar surface area (TPSA) is 37.3 Å². The Balaban J connectivity index is 0.00000243. The third-order valence-electron chi connectivity index (χ3n) is 5.22. The van der Waals surface area contributed by atoms with E-state index in [1.807, 2.05) is 18.0 Å². The Morgan fingerprint density at radius 2 is 2.00 bits per heavy atom. The summed E-state index contributed by atoms with van der Waals surface area (Å²) in [4.78, 5) is 15.2. The van der Waals surface area contributed by atoms with Gasteiger partial charge in [-0.3, -0.25) is 4.79 Å². The van der Waals surface area contributed by atoms with Crippen LogP contribution in [0.2, 0.25) is 0 Å². The van der Waals surface area contributed by atoms with Crippen molar-refractivity contribution in [3.05, 3.63) is 52.8 Å². The molecule has 1 aliphatic rings. The number of nitrogens with one attached hydrogen (secondary N) is 1.